The van der Waals surface area contributed by atoms with Crippen LogP contribution in [0.5, 0.6) is 0 Å². The Balaban J connectivity index is 1.76. The highest BCUT2D eigenvalue weighted by Gasteiger charge is 2.31. The maximum atomic E-state index is 12.0. The van der Waals surface area contributed by atoms with E-state index >= 15 is 0 Å². The van der Waals surface area contributed by atoms with Crippen LogP contribution in [0.2, 0.25) is 0 Å². The van der Waals surface area contributed by atoms with Crippen LogP contribution in [-0.2, 0) is 9.53 Å². The van der Waals surface area contributed by atoms with Gasteiger partial charge in [0, 0.05) is 12.6 Å². The predicted octanol–water partition coefficient (Wildman–Crippen LogP) is 1.19. The number of hydrogen-bond acceptors (Lipinski definition) is 3. The van der Waals surface area contributed by atoms with E-state index in [2.05, 4.69) is 12.2 Å². The first kappa shape index (κ1) is 12.8. The quantitative estimate of drug-likeness (QED) is 0.775. The van der Waals surface area contributed by atoms with Gasteiger partial charge in [-0.25, -0.2) is 0 Å². The lowest BCUT2D eigenvalue weighted by atomic mass is 9.99. The molecule has 98 valence electrons. The summed E-state index contributed by atoms with van der Waals surface area (Å²) in [6.45, 7) is 2.63. The van der Waals surface area contributed by atoms with E-state index in [1.807, 2.05) is 0 Å². The zero-order valence-corrected chi connectivity index (χ0v) is 10.7. The Morgan fingerprint density at radius 2 is 2.06 bits per heavy atom. The first-order valence-electron chi connectivity index (χ1n) is 6.86. The number of amides is 1. The van der Waals surface area contributed by atoms with E-state index in [-0.39, 0.29) is 24.2 Å². The number of carbonyl (C=O) groups is 1. The molecule has 0 aromatic rings. The molecule has 0 aromatic heterocycles. The normalized spacial score (nSPS) is 31.6. The van der Waals surface area contributed by atoms with Crippen LogP contribution in [0.3, 0.4) is 0 Å². The summed E-state index contributed by atoms with van der Waals surface area (Å²) < 4.78 is 5.60. The maximum absolute atomic E-state index is 12.0. The first-order chi connectivity index (χ1) is 8.20. The standard InChI is InChI=1S/C13H24N2O2/c1-9(10-4-2-3-5-10)15-13(16)12-7-6-11(8-14)17-12/h9-12H,2-8,14H2,1H3,(H,15,16). The summed E-state index contributed by atoms with van der Waals surface area (Å²) >= 11 is 0. The van der Waals surface area contributed by atoms with Crippen LogP contribution >= 0.6 is 0 Å². The SMILES string of the molecule is CC(NC(=O)C1CCC(CN)O1)C1CCCC1. The molecule has 3 unspecified atom stereocenters. The number of nitrogens with two attached hydrogens (primary N) is 1. The lowest BCUT2D eigenvalue weighted by Gasteiger charge is -2.22. The Kier molecular flexibility index (Phi) is 4.40. The van der Waals surface area contributed by atoms with Gasteiger partial charge in [0.2, 0.25) is 5.91 Å². The molecule has 4 nitrogen and oxygen atoms in total. The van der Waals surface area contributed by atoms with E-state index in [9.17, 15) is 4.79 Å². The highest BCUT2D eigenvalue weighted by Crippen LogP contribution is 2.28. The molecule has 2 aliphatic rings. The Morgan fingerprint density at radius 3 is 2.65 bits per heavy atom. The molecule has 17 heavy (non-hydrogen) atoms. The van der Waals surface area contributed by atoms with Crippen molar-refractivity contribution in [1.29, 1.82) is 0 Å². The second-order valence-electron chi connectivity index (χ2n) is 5.40. The van der Waals surface area contributed by atoms with E-state index in [4.69, 9.17) is 10.5 Å². The average Bonchev–Trinajstić information content (AvgIpc) is 3.00. The number of rotatable bonds is 4. The second kappa shape index (κ2) is 5.83. The summed E-state index contributed by atoms with van der Waals surface area (Å²) in [5.41, 5.74) is 5.54. The van der Waals surface area contributed by atoms with E-state index < -0.39 is 0 Å². The van der Waals surface area contributed by atoms with E-state index in [1.165, 1.54) is 25.7 Å². The summed E-state index contributed by atoms with van der Waals surface area (Å²) in [6.07, 6.45) is 6.63. The minimum absolute atomic E-state index is 0.0559. The molecule has 0 aromatic carbocycles. The number of nitrogens with one attached hydrogen (secondary N) is 1. The number of hydrogen-bond donors (Lipinski definition) is 2. The molecular weight excluding hydrogens is 216 g/mol. The van der Waals surface area contributed by atoms with Crippen molar-refractivity contribution in [2.75, 3.05) is 6.54 Å². The Labute approximate surface area is 103 Å². The third-order valence-electron chi connectivity index (χ3n) is 4.14. The molecule has 1 saturated carbocycles. The van der Waals surface area contributed by atoms with Crippen molar-refractivity contribution in [1.82, 2.24) is 5.32 Å². The fourth-order valence-electron chi connectivity index (χ4n) is 2.96. The van der Waals surface area contributed by atoms with Gasteiger partial charge >= 0.3 is 0 Å². The Morgan fingerprint density at radius 1 is 1.35 bits per heavy atom. The third kappa shape index (κ3) is 3.19. The van der Waals surface area contributed by atoms with Gasteiger partial charge in [-0.05, 0) is 38.5 Å². The fraction of sp³-hybridized carbons (Fsp3) is 0.923. The van der Waals surface area contributed by atoms with E-state index in [0.717, 1.165) is 12.8 Å². The van der Waals surface area contributed by atoms with Crippen molar-refractivity contribution in [3.05, 3.63) is 0 Å². The van der Waals surface area contributed by atoms with E-state index in [0.29, 0.717) is 12.5 Å². The van der Waals surface area contributed by atoms with Gasteiger partial charge in [0.15, 0.2) is 0 Å². The molecule has 2 fully saturated rings. The number of ether oxygens (including phenoxy) is 1. The molecule has 0 spiro atoms. The van der Waals surface area contributed by atoms with Crippen LogP contribution in [-0.4, -0.2) is 30.7 Å². The van der Waals surface area contributed by atoms with Gasteiger partial charge in [0.25, 0.3) is 0 Å². The minimum atomic E-state index is -0.271. The molecule has 0 bridgehead atoms. The molecule has 1 amide bonds. The van der Waals surface area contributed by atoms with Gasteiger partial charge in [-0.1, -0.05) is 12.8 Å². The maximum Gasteiger partial charge on any atom is 0.249 e. The van der Waals surface area contributed by atoms with Crippen molar-refractivity contribution in [2.45, 2.75) is 63.7 Å². The Bertz CT molecular complexity index is 264. The van der Waals surface area contributed by atoms with Gasteiger partial charge in [-0.15, -0.1) is 0 Å². The Hall–Kier alpha value is -0.610. The highest BCUT2D eigenvalue weighted by atomic mass is 16.5. The van der Waals surface area contributed by atoms with Crippen LogP contribution in [0.15, 0.2) is 0 Å². The monoisotopic (exact) mass is 240 g/mol. The van der Waals surface area contributed by atoms with Crippen molar-refractivity contribution in [3.8, 4) is 0 Å². The van der Waals surface area contributed by atoms with Crippen LogP contribution in [0.4, 0.5) is 0 Å². The smallest absolute Gasteiger partial charge is 0.249 e. The summed E-state index contributed by atoms with van der Waals surface area (Å²) in [6, 6.07) is 0.283. The van der Waals surface area contributed by atoms with Crippen LogP contribution in [0.25, 0.3) is 0 Å². The van der Waals surface area contributed by atoms with Crippen LogP contribution in [0.1, 0.15) is 45.4 Å². The molecular formula is C13H24N2O2. The van der Waals surface area contributed by atoms with Crippen molar-refractivity contribution in [2.24, 2.45) is 11.7 Å². The highest BCUT2D eigenvalue weighted by molar-refractivity contribution is 5.81. The predicted molar refractivity (Wildman–Crippen MR) is 66.5 cm³/mol. The molecule has 2 rings (SSSR count). The molecule has 1 saturated heterocycles. The van der Waals surface area contributed by atoms with Crippen LogP contribution < -0.4 is 11.1 Å². The van der Waals surface area contributed by atoms with Crippen molar-refractivity contribution >= 4 is 5.91 Å². The van der Waals surface area contributed by atoms with Crippen LogP contribution in [0, 0.1) is 5.92 Å². The lowest BCUT2D eigenvalue weighted by Crippen LogP contribution is -2.43. The first-order valence-corrected chi connectivity index (χ1v) is 6.86. The molecule has 3 atom stereocenters. The zero-order valence-electron chi connectivity index (χ0n) is 10.7. The summed E-state index contributed by atoms with van der Waals surface area (Å²) in [5.74, 6) is 0.714. The topological polar surface area (TPSA) is 64.4 Å². The largest absolute Gasteiger partial charge is 0.364 e. The molecule has 3 N–H and O–H groups in total. The molecule has 0 radical (unpaired) electrons. The third-order valence-corrected chi connectivity index (χ3v) is 4.14. The van der Waals surface area contributed by atoms with Gasteiger partial charge in [-0.3, -0.25) is 4.79 Å². The minimum Gasteiger partial charge on any atom is -0.364 e. The second-order valence-corrected chi connectivity index (χ2v) is 5.40. The van der Waals surface area contributed by atoms with Gasteiger partial charge < -0.3 is 15.8 Å². The number of carbonyl (C=O) groups excluding carboxylic acids is 1. The average molecular weight is 240 g/mol. The van der Waals surface area contributed by atoms with Gasteiger partial charge in [-0.2, -0.15) is 0 Å². The molecule has 1 aliphatic carbocycles. The van der Waals surface area contributed by atoms with E-state index in [1.54, 1.807) is 0 Å². The fourth-order valence-corrected chi connectivity index (χ4v) is 2.96. The lowest BCUT2D eigenvalue weighted by molar-refractivity contribution is -0.132. The van der Waals surface area contributed by atoms with Crippen molar-refractivity contribution < 1.29 is 9.53 Å². The summed E-state index contributed by atoms with van der Waals surface area (Å²) in [7, 11) is 0. The van der Waals surface area contributed by atoms with Gasteiger partial charge in [0.05, 0.1) is 6.10 Å². The van der Waals surface area contributed by atoms with Crippen molar-refractivity contribution in [3.63, 3.8) is 0 Å². The molecule has 1 heterocycles. The summed E-state index contributed by atoms with van der Waals surface area (Å²) in [4.78, 5) is 12.0. The zero-order chi connectivity index (χ0) is 12.3. The van der Waals surface area contributed by atoms with Gasteiger partial charge in [0.1, 0.15) is 6.10 Å². The molecule has 1 aliphatic heterocycles. The molecule has 4 heteroatoms. The summed E-state index contributed by atoms with van der Waals surface area (Å²) in [5, 5.41) is 3.10.